The van der Waals surface area contributed by atoms with Gasteiger partial charge in [-0.05, 0) is 45.2 Å². The number of piperidine rings is 1. The van der Waals surface area contributed by atoms with Gasteiger partial charge < -0.3 is 24.6 Å². The van der Waals surface area contributed by atoms with Gasteiger partial charge in [0.25, 0.3) is 0 Å². The van der Waals surface area contributed by atoms with Gasteiger partial charge in [0.05, 0.1) is 18.3 Å². The zero-order chi connectivity index (χ0) is 19.9. The molecule has 0 radical (unpaired) electrons. The first kappa shape index (κ1) is 24.1. The lowest BCUT2D eigenvalue weighted by Gasteiger charge is -2.36. The highest BCUT2D eigenvalue weighted by atomic mass is 127. The van der Waals surface area contributed by atoms with E-state index in [4.69, 9.17) is 9.47 Å². The van der Waals surface area contributed by atoms with Crippen molar-refractivity contribution in [2.75, 3.05) is 44.7 Å². The summed E-state index contributed by atoms with van der Waals surface area (Å²) in [6.07, 6.45) is 4.94. The lowest BCUT2D eigenvalue weighted by Crippen LogP contribution is -2.46. The van der Waals surface area contributed by atoms with E-state index in [1.54, 1.807) is 0 Å². The molecule has 7 nitrogen and oxygen atoms in total. The summed E-state index contributed by atoms with van der Waals surface area (Å²) in [4.78, 5) is 13.7. The number of rotatable bonds is 5. The van der Waals surface area contributed by atoms with E-state index in [1.165, 1.54) is 0 Å². The Morgan fingerprint density at radius 1 is 1.24 bits per heavy atom. The summed E-state index contributed by atoms with van der Waals surface area (Å²) in [5, 5.41) is 3.48. The zero-order valence-corrected chi connectivity index (χ0v) is 20.5. The number of morpholine rings is 1. The molecule has 8 heteroatoms. The van der Waals surface area contributed by atoms with Crippen molar-refractivity contribution in [3.05, 3.63) is 23.9 Å². The van der Waals surface area contributed by atoms with Gasteiger partial charge in [0.1, 0.15) is 5.82 Å². The van der Waals surface area contributed by atoms with Gasteiger partial charge in [0.15, 0.2) is 5.96 Å². The van der Waals surface area contributed by atoms with E-state index < -0.39 is 0 Å². The normalized spacial score (nSPS) is 23.7. The number of likely N-dealkylation sites (tertiary alicyclic amines) is 1. The molecule has 1 aromatic rings. The topological polar surface area (TPSA) is 62.2 Å². The Morgan fingerprint density at radius 2 is 1.93 bits per heavy atom. The van der Waals surface area contributed by atoms with Crippen LogP contribution in [0.15, 0.2) is 23.3 Å². The number of nitrogens with zero attached hydrogens (tertiary/aromatic N) is 4. The van der Waals surface area contributed by atoms with Crippen molar-refractivity contribution in [2.24, 2.45) is 4.99 Å². The first-order valence-electron chi connectivity index (χ1n) is 10.5. The van der Waals surface area contributed by atoms with Crippen LogP contribution in [0, 0.1) is 0 Å². The van der Waals surface area contributed by atoms with Crippen LogP contribution in [0.5, 0.6) is 0 Å². The molecule has 0 aliphatic carbocycles. The van der Waals surface area contributed by atoms with Gasteiger partial charge >= 0.3 is 0 Å². The molecule has 2 aliphatic heterocycles. The van der Waals surface area contributed by atoms with E-state index in [9.17, 15) is 0 Å². The third-order valence-corrected chi connectivity index (χ3v) is 5.36. The number of hydrogen-bond acceptors (Lipinski definition) is 5. The lowest BCUT2D eigenvalue weighted by molar-refractivity contribution is -0.00546. The second kappa shape index (κ2) is 11.9. The minimum absolute atomic E-state index is 0. The van der Waals surface area contributed by atoms with E-state index in [0.717, 1.165) is 69.5 Å². The quantitative estimate of drug-likeness (QED) is 0.368. The standard InChI is InChI=1S/C21H35N5O2.HI/c1-5-27-19-8-10-25(11-9-19)21(22-4)24-13-18-6-7-20(23-12-18)26-14-16(2)28-17(3)15-26;/h6-7,12,16-17,19H,5,8-11,13-15H2,1-4H3,(H,22,24);1H. The minimum atomic E-state index is 0. The van der Waals surface area contributed by atoms with Crippen LogP contribution in [0.3, 0.4) is 0 Å². The Kier molecular flexibility index (Phi) is 9.91. The fourth-order valence-electron chi connectivity index (χ4n) is 4.06. The number of pyridine rings is 1. The Hall–Kier alpha value is -1.13. The molecule has 29 heavy (non-hydrogen) atoms. The summed E-state index contributed by atoms with van der Waals surface area (Å²) in [6, 6.07) is 4.26. The maximum atomic E-state index is 5.81. The van der Waals surface area contributed by atoms with E-state index in [-0.39, 0.29) is 36.2 Å². The van der Waals surface area contributed by atoms with Crippen LogP contribution in [-0.2, 0) is 16.0 Å². The molecule has 2 aliphatic rings. The van der Waals surface area contributed by atoms with Gasteiger partial charge in [-0.25, -0.2) is 4.98 Å². The fourth-order valence-corrected chi connectivity index (χ4v) is 4.06. The lowest BCUT2D eigenvalue weighted by atomic mass is 10.1. The average Bonchev–Trinajstić information content (AvgIpc) is 2.69. The van der Waals surface area contributed by atoms with Crippen molar-refractivity contribution in [3.8, 4) is 0 Å². The van der Waals surface area contributed by atoms with Crippen LogP contribution in [0.4, 0.5) is 5.82 Å². The summed E-state index contributed by atoms with van der Waals surface area (Å²) in [5.74, 6) is 1.97. The number of ether oxygens (including phenoxy) is 2. The largest absolute Gasteiger partial charge is 0.378 e. The maximum absolute atomic E-state index is 5.81. The Balaban J connectivity index is 0.00000300. The van der Waals surface area contributed by atoms with E-state index in [0.29, 0.717) is 6.10 Å². The molecule has 164 valence electrons. The summed E-state index contributed by atoms with van der Waals surface area (Å²) < 4.78 is 11.6. The summed E-state index contributed by atoms with van der Waals surface area (Å²) >= 11 is 0. The number of halogens is 1. The van der Waals surface area contributed by atoms with Gasteiger partial charge in [-0.15, -0.1) is 24.0 Å². The van der Waals surface area contributed by atoms with Crippen molar-refractivity contribution in [1.82, 2.24) is 15.2 Å². The average molecular weight is 517 g/mol. The molecule has 2 saturated heterocycles. The predicted molar refractivity (Wildman–Crippen MR) is 128 cm³/mol. The SMILES string of the molecule is CCOC1CCN(C(=NC)NCc2ccc(N3CC(C)OC(C)C3)nc2)CC1.I. The molecular weight excluding hydrogens is 481 g/mol. The highest BCUT2D eigenvalue weighted by Crippen LogP contribution is 2.18. The van der Waals surface area contributed by atoms with E-state index >= 15 is 0 Å². The molecule has 3 rings (SSSR count). The maximum Gasteiger partial charge on any atom is 0.193 e. The molecule has 3 heterocycles. The van der Waals surface area contributed by atoms with Crippen LogP contribution in [-0.4, -0.2) is 74.0 Å². The van der Waals surface area contributed by atoms with Crippen LogP contribution in [0.2, 0.25) is 0 Å². The second-order valence-corrected chi connectivity index (χ2v) is 7.73. The summed E-state index contributed by atoms with van der Waals surface area (Å²) in [5.41, 5.74) is 1.16. The number of guanidine groups is 1. The molecular formula is C21H36IN5O2. The number of anilines is 1. The van der Waals surface area contributed by atoms with Gasteiger partial charge in [0, 0.05) is 52.6 Å². The van der Waals surface area contributed by atoms with Gasteiger partial charge in [-0.2, -0.15) is 0 Å². The van der Waals surface area contributed by atoms with Gasteiger partial charge in [-0.1, -0.05) is 6.07 Å². The van der Waals surface area contributed by atoms with Crippen molar-refractivity contribution >= 4 is 35.8 Å². The smallest absolute Gasteiger partial charge is 0.193 e. The highest BCUT2D eigenvalue weighted by molar-refractivity contribution is 14.0. The Morgan fingerprint density at radius 3 is 2.48 bits per heavy atom. The molecule has 1 aromatic heterocycles. The van der Waals surface area contributed by atoms with Gasteiger partial charge in [0.2, 0.25) is 0 Å². The third-order valence-electron chi connectivity index (χ3n) is 5.36. The van der Waals surface area contributed by atoms with Crippen molar-refractivity contribution in [3.63, 3.8) is 0 Å². The highest BCUT2D eigenvalue weighted by Gasteiger charge is 2.23. The monoisotopic (exact) mass is 517 g/mol. The molecule has 2 atom stereocenters. The molecule has 0 aromatic carbocycles. The first-order valence-corrected chi connectivity index (χ1v) is 10.5. The number of aliphatic imine (C=N–C) groups is 1. The van der Waals surface area contributed by atoms with Crippen molar-refractivity contribution < 1.29 is 9.47 Å². The molecule has 2 fully saturated rings. The molecule has 1 N–H and O–H groups in total. The van der Waals surface area contributed by atoms with Gasteiger partial charge in [-0.3, -0.25) is 4.99 Å². The molecule has 2 unspecified atom stereocenters. The number of hydrogen-bond donors (Lipinski definition) is 1. The number of nitrogens with one attached hydrogen (secondary N) is 1. The summed E-state index contributed by atoms with van der Waals surface area (Å²) in [7, 11) is 1.85. The van der Waals surface area contributed by atoms with E-state index in [2.05, 4.69) is 58.0 Å². The second-order valence-electron chi connectivity index (χ2n) is 7.73. The van der Waals surface area contributed by atoms with Crippen LogP contribution in [0.25, 0.3) is 0 Å². The van der Waals surface area contributed by atoms with Crippen LogP contribution >= 0.6 is 24.0 Å². The molecule has 0 bridgehead atoms. The Labute approximate surface area is 192 Å². The van der Waals surface area contributed by atoms with E-state index in [1.807, 2.05) is 13.2 Å². The van der Waals surface area contributed by atoms with Crippen molar-refractivity contribution in [2.45, 2.75) is 58.5 Å². The molecule has 0 spiro atoms. The predicted octanol–water partition coefficient (Wildman–Crippen LogP) is 2.89. The van der Waals surface area contributed by atoms with Crippen LogP contribution < -0.4 is 10.2 Å². The molecule has 0 saturated carbocycles. The first-order chi connectivity index (χ1) is 13.6. The Bertz CT molecular complexity index is 624. The van der Waals surface area contributed by atoms with Crippen LogP contribution in [0.1, 0.15) is 39.2 Å². The molecule has 0 amide bonds. The number of aromatic nitrogens is 1. The third kappa shape index (κ3) is 6.96. The van der Waals surface area contributed by atoms with Crippen molar-refractivity contribution in [1.29, 1.82) is 0 Å². The minimum Gasteiger partial charge on any atom is -0.378 e. The fraction of sp³-hybridized carbons (Fsp3) is 0.714. The summed E-state index contributed by atoms with van der Waals surface area (Å²) in [6.45, 7) is 11.5. The zero-order valence-electron chi connectivity index (χ0n) is 18.1.